The molecule has 43 heavy (non-hydrogen) atoms. The lowest BCUT2D eigenvalue weighted by atomic mass is 10.0. The van der Waals surface area contributed by atoms with Crippen molar-refractivity contribution in [2.24, 2.45) is 5.92 Å². The van der Waals surface area contributed by atoms with Crippen LogP contribution in [0.2, 0.25) is 0 Å². The number of likely N-dealkylation sites (N-methyl/N-ethyl adjacent to an activating group) is 1. The molecule has 0 aromatic heterocycles. The molecule has 4 atom stereocenters. The average Bonchev–Trinajstić information content (AvgIpc) is 2.94. The van der Waals surface area contributed by atoms with Crippen LogP contribution in [0.4, 0.5) is 20.6 Å². The lowest BCUT2D eigenvalue weighted by Gasteiger charge is -2.35. The van der Waals surface area contributed by atoms with Gasteiger partial charge in [0.2, 0.25) is 10.0 Å². The van der Waals surface area contributed by atoms with E-state index in [0.29, 0.717) is 24.5 Å². The van der Waals surface area contributed by atoms with Crippen LogP contribution in [0.3, 0.4) is 0 Å². The molecule has 13 heteroatoms. The van der Waals surface area contributed by atoms with Crippen molar-refractivity contribution in [2.45, 2.75) is 58.3 Å². The van der Waals surface area contributed by atoms with Crippen LogP contribution in [0.15, 0.2) is 42.5 Å². The van der Waals surface area contributed by atoms with Gasteiger partial charge in [-0.3, -0.25) is 9.52 Å². The minimum absolute atomic E-state index is 0.165. The standard InChI is InChI=1S/C30H43FN4O7S/c1-20-17-35(21(2)19-36)29(37)26-16-25(33-43(5,39)40)13-14-27(26)42-22(3)8-6-7-15-41-28(20)18-34(4)30(38)32-24-11-9-23(31)10-12-24/h9-14,16,20-22,28,33,36H,6-8,15,17-19H2,1-5H3,(H,32,38)/t20-,21+,22-,28-/m0/s1. The number of rotatable bonds is 7. The zero-order valence-corrected chi connectivity index (χ0v) is 26.2. The van der Waals surface area contributed by atoms with Crippen molar-refractivity contribution in [2.75, 3.05) is 49.6 Å². The molecule has 0 fully saturated rings. The molecule has 0 saturated heterocycles. The van der Waals surface area contributed by atoms with Crippen molar-refractivity contribution in [3.63, 3.8) is 0 Å². The van der Waals surface area contributed by atoms with Gasteiger partial charge in [-0.15, -0.1) is 0 Å². The summed E-state index contributed by atoms with van der Waals surface area (Å²) >= 11 is 0. The van der Waals surface area contributed by atoms with Gasteiger partial charge in [-0.25, -0.2) is 17.6 Å². The van der Waals surface area contributed by atoms with Crippen LogP contribution in [-0.2, 0) is 14.8 Å². The smallest absolute Gasteiger partial charge is 0.321 e. The highest BCUT2D eigenvalue weighted by Crippen LogP contribution is 2.29. The topological polar surface area (TPSA) is 138 Å². The van der Waals surface area contributed by atoms with Crippen LogP contribution in [0.25, 0.3) is 0 Å². The second-order valence-corrected chi connectivity index (χ2v) is 13.0. The van der Waals surface area contributed by atoms with Gasteiger partial charge < -0.3 is 29.7 Å². The normalized spacial score (nSPS) is 21.1. The van der Waals surface area contributed by atoms with E-state index in [1.807, 2.05) is 13.8 Å². The number of amides is 3. The van der Waals surface area contributed by atoms with Crippen LogP contribution in [0.1, 0.15) is 50.4 Å². The first-order valence-corrected chi connectivity index (χ1v) is 16.3. The summed E-state index contributed by atoms with van der Waals surface area (Å²) in [5, 5.41) is 12.8. The minimum Gasteiger partial charge on any atom is -0.490 e. The molecule has 0 spiro atoms. The molecule has 3 amide bonds. The molecule has 2 aromatic carbocycles. The third kappa shape index (κ3) is 10.4. The molecule has 11 nitrogen and oxygen atoms in total. The first kappa shape index (κ1) is 34.1. The maximum absolute atomic E-state index is 14.1. The fourth-order valence-corrected chi connectivity index (χ4v) is 5.32. The number of aliphatic hydroxyl groups is 1. The number of urea groups is 1. The van der Waals surface area contributed by atoms with Gasteiger partial charge in [-0.2, -0.15) is 0 Å². The van der Waals surface area contributed by atoms with E-state index in [9.17, 15) is 27.5 Å². The van der Waals surface area contributed by atoms with Crippen LogP contribution >= 0.6 is 0 Å². The molecule has 0 unspecified atom stereocenters. The van der Waals surface area contributed by atoms with Gasteiger partial charge in [0.15, 0.2) is 0 Å². The minimum atomic E-state index is -3.60. The Hall–Kier alpha value is -3.42. The number of sulfonamides is 1. The lowest BCUT2D eigenvalue weighted by molar-refractivity contribution is -0.0115. The SMILES string of the molecule is C[C@H](CO)N1C[C@H](C)[C@H](CN(C)C(=O)Nc2ccc(F)cc2)OCCCC[C@H](C)Oc2ccc(NS(C)(=O)=O)cc2C1=O. The molecule has 1 heterocycles. The fourth-order valence-electron chi connectivity index (χ4n) is 4.77. The van der Waals surface area contributed by atoms with E-state index >= 15 is 0 Å². The number of ether oxygens (including phenoxy) is 2. The number of anilines is 2. The van der Waals surface area contributed by atoms with Crippen LogP contribution in [0, 0.1) is 11.7 Å². The molecule has 238 valence electrons. The number of carbonyl (C=O) groups excluding carboxylic acids is 2. The Morgan fingerprint density at radius 3 is 2.49 bits per heavy atom. The van der Waals surface area contributed by atoms with Gasteiger partial charge >= 0.3 is 6.03 Å². The van der Waals surface area contributed by atoms with Crippen LogP contribution in [0.5, 0.6) is 5.75 Å². The molecular weight excluding hydrogens is 579 g/mol. The monoisotopic (exact) mass is 622 g/mol. The third-order valence-electron chi connectivity index (χ3n) is 7.25. The number of halogens is 1. The predicted octanol–water partition coefficient (Wildman–Crippen LogP) is 4.16. The Balaban J connectivity index is 1.90. The van der Waals surface area contributed by atoms with E-state index in [2.05, 4.69) is 10.0 Å². The van der Waals surface area contributed by atoms with Gasteiger partial charge in [-0.1, -0.05) is 6.92 Å². The summed E-state index contributed by atoms with van der Waals surface area (Å²) in [6, 6.07) is 9.05. The summed E-state index contributed by atoms with van der Waals surface area (Å²) in [4.78, 5) is 30.0. The van der Waals surface area contributed by atoms with E-state index in [4.69, 9.17) is 9.47 Å². The Labute approximate surface area is 253 Å². The largest absolute Gasteiger partial charge is 0.490 e. The number of hydrogen-bond donors (Lipinski definition) is 3. The van der Waals surface area contributed by atoms with Crippen molar-refractivity contribution in [1.29, 1.82) is 0 Å². The summed E-state index contributed by atoms with van der Waals surface area (Å²) in [6.07, 6.45) is 2.58. The fraction of sp³-hybridized carbons (Fsp3) is 0.533. The van der Waals surface area contributed by atoms with E-state index in [1.54, 1.807) is 26.1 Å². The highest BCUT2D eigenvalue weighted by molar-refractivity contribution is 7.92. The van der Waals surface area contributed by atoms with Gasteiger partial charge in [0.05, 0.1) is 36.7 Å². The van der Waals surface area contributed by atoms with Crippen molar-refractivity contribution in [1.82, 2.24) is 9.80 Å². The zero-order valence-electron chi connectivity index (χ0n) is 25.4. The lowest BCUT2D eigenvalue weighted by Crippen LogP contribution is -2.48. The second-order valence-electron chi connectivity index (χ2n) is 11.2. The summed E-state index contributed by atoms with van der Waals surface area (Å²) in [6.45, 7) is 6.05. The maximum atomic E-state index is 14.1. The number of aliphatic hydroxyl groups excluding tert-OH is 1. The molecule has 3 N–H and O–H groups in total. The Morgan fingerprint density at radius 1 is 1.16 bits per heavy atom. The molecule has 0 saturated carbocycles. The first-order valence-electron chi connectivity index (χ1n) is 14.4. The molecule has 0 radical (unpaired) electrons. The summed E-state index contributed by atoms with van der Waals surface area (Å²) < 4.78 is 51.9. The van der Waals surface area contributed by atoms with Crippen molar-refractivity contribution < 1.29 is 37.0 Å². The van der Waals surface area contributed by atoms with Crippen molar-refractivity contribution >= 4 is 33.3 Å². The molecule has 3 rings (SSSR count). The number of fused-ring (bicyclic) bond motifs is 1. The molecule has 1 aliphatic rings. The van der Waals surface area contributed by atoms with Gasteiger partial charge in [0.25, 0.3) is 5.91 Å². The second kappa shape index (κ2) is 15.3. The van der Waals surface area contributed by atoms with Crippen LogP contribution < -0.4 is 14.8 Å². The van der Waals surface area contributed by atoms with E-state index < -0.39 is 39.9 Å². The molecular formula is C30H43FN4O7S. The number of hydrogen-bond acceptors (Lipinski definition) is 7. The first-order chi connectivity index (χ1) is 20.3. The van der Waals surface area contributed by atoms with Gasteiger partial charge in [-0.05, 0) is 75.6 Å². The van der Waals surface area contributed by atoms with E-state index in [1.165, 1.54) is 40.1 Å². The zero-order chi connectivity index (χ0) is 31.7. The number of carbonyl (C=O) groups is 2. The quantitative estimate of drug-likeness (QED) is 0.422. The van der Waals surface area contributed by atoms with E-state index in [-0.39, 0.29) is 43.0 Å². The summed E-state index contributed by atoms with van der Waals surface area (Å²) in [5.74, 6) is -0.800. The Bertz CT molecular complexity index is 1340. The number of benzene rings is 2. The Kier molecular flexibility index (Phi) is 12.2. The maximum Gasteiger partial charge on any atom is 0.321 e. The average molecular weight is 623 g/mol. The van der Waals surface area contributed by atoms with Crippen molar-refractivity contribution in [3.05, 3.63) is 53.8 Å². The Morgan fingerprint density at radius 2 is 1.84 bits per heavy atom. The van der Waals surface area contributed by atoms with Crippen molar-refractivity contribution in [3.8, 4) is 5.75 Å². The van der Waals surface area contributed by atoms with E-state index in [0.717, 1.165) is 19.1 Å². The highest BCUT2D eigenvalue weighted by Gasteiger charge is 2.31. The number of nitrogens with zero attached hydrogens (tertiary/aromatic N) is 2. The predicted molar refractivity (Wildman–Crippen MR) is 163 cm³/mol. The number of nitrogens with one attached hydrogen (secondary N) is 2. The molecule has 0 aliphatic carbocycles. The van der Waals surface area contributed by atoms with Gasteiger partial charge in [0.1, 0.15) is 11.6 Å². The van der Waals surface area contributed by atoms with Gasteiger partial charge in [0, 0.05) is 44.0 Å². The molecule has 2 aromatic rings. The highest BCUT2D eigenvalue weighted by atomic mass is 32.2. The summed E-state index contributed by atoms with van der Waals surface area (Å²) in [5.41, 5.74) is 0.830. The summed E-state index contributed by atoms with van der Waals surface area (Å²) in [7, 11) is -1.97. The molecule has 0 bridgehead atoms. The third-order valence-corrected chi connectivity index (χ3v) is 7.86. The van der Waals surface area contributed by atoms with Crippen LogP contribution in [-0.4, -0.2) is 93.1 Å². The molecule has 1 aliphatic heterocycles.